The van der Waals surface area contributed by atoms with E-state index in [0.29, 0.717) is 11.0 Å². The van der Waals surface area contributed by atoms with E-state index in [0.717, 1.165) is 11.8 Å². The van der Waals surface area contributed by atoms with E-state index in [1.54, 1.807) is 0 Å². The smallest absolute Gasteiger partial charge is 0.123 e. The quantitative estimate of drug-likeness (QED) is 0.490. The van der Waals surface area contributed by atoms with E-state index in [1.807, 2.05) is 0 Å². The summed E-state index contributed by atoms with van der Waals surface area (Å²) in [5.41, 5.74) is 0.877. The van der Waals surface area contributed by atoms with Gasteiger partial charge in [-0.25, -0.2) is 0 Å². The average molecular weight is 198 g/mol. The molecule has 0 bridgehead atoms. The molecule has 0 aromatic carbocycles. The molecular weight excluding hydrogens is 176 g/mol. The van der Waals surface area contributed by atoms with Crippen LogP contribution in [0.5, 0.6) is 0 Å². The Bertz CT molecular complexity index is 197. The molecule has 0 heterocycles. The average Bonchev–Trinajstić information content (AvgIpc) is 1.81. The first-order valence-electron chi connectivity index (χ1n) is 5.24. The molecule has 0 aromatic heterocycles. The lowest BCUT2D eigenvalue weighted by atomic mass is 9.86. The van der Waals surface area contributed by atoms with Gasteiger partial charge in [0.05, 0.1) is 8.07 Å². The van der Waals surface area contributed by atoms with Crippen LogP contribution in [0.25, 0.3) is 0 Å². The Hall–Kier alpha value is -0.113. The molecule has 0 spiro atoms. The number of rotatable bonds is 2. The molecule has 13 heavy (non-hydrogen) atoms. The van der Waals surface area contributed by atoms with Crippen molar-refractivity contribution in [2.24, 2.45) is 5.92 Å². The first-order chi connectivity index (χ1) is 5.79. The molecule has 1 aliphatic carbocycles. The molecule has 1 fully saturated rings. The van der Waals surface area contributed by atoms with Gasteiger partial charge in [0, 0.05) is 5.92 Å². The van der Waals surface area contributed by atoms with E-state index in [-0.39, 0.29) is 0 Å². The molecule has 0 radical (unpaired) electrons. The van der Waals surface area contributed by atoms with Crippen LogP contribution in [-0.4, -0.2) is 14.4 Å². The van der Waals surface area contributed by atoms with Crippen LogP contribution in [0.1, 0.15) is 33.6 Å². The standard InChI is InChI=1S/C11H22OSi/c1-11(2,3)13(4,5)10-6-9(7-10)8-12/h8-10H,6-7H2,1-5H3. The normalized spacial score (nSPS) is 29.6. The van der Waals surface area contributed by atoms with Crippen LogP contribution in [0.2, 0.25) is 23.7 Å². The van der Waals surface area contributed by atoms with Crippen molar-refractivity contribution in [1.29, 1.82) is 0 Å². The zero-order chi connectivity index (χ0) is 10.3. The topological polar surface area (TPSA) is 17.1 Å². The van der Waals surface area contributed by atoms with Crippen LogP contribution in [0.4, 0.5) is 0 Å². The molecule has 0 N–H and O–H groups in total. The van der Waals surface area contributed by atoms with Crippen LogP contribution < -0.4 is 0 Å². The van der Waals surface area contributed by atoms with Crippen molar-refractivity contribution in [3.8, 4) is 0 Å². The van der Waals surface area contributed by atoms with E-state index in [2.05, 4.69) is 33.9 Å². The van der Waals surface area contributed by atoms with Crippen LogP contribution in [0.3, 0.4) is 0 Å². The molecule has 0 aromatic rings. The van der Waals surface area contributed by atoms with Crippen LogP contribution in [0.15, 0.2) is 0 Å². The van der Waals surface area contributed by atoms with Gasteiger partial charge in [-0.1, -0.05) is 33.9 Å². The third-order valence-corrected chi connectivity index (χ3v) is 10.7. The van der Waals surface area contributed by atoms with E-state index >= 15 is 0 Å². The Labute approximate surface area is 82.9 Å². The lowest BCUT2D eigenvalue weighted by molar-refractivity contribution is -0.113. The summed E-state index contributed by atoms with van der Waals surface area (Å²) in [4.78, 5) is 10.5. The fraction of sp³-hybridized carbons (Fsp3) is 0.909. The van der Waals surface area contributed by atoms with Crippen molar-refractivity contribution in [2.45, 2.75) is 57.3 Å². The van der Waals surface area contributed by atoms with Gasteiger partial charge in [-0.3, -0.25) is 0 Å². The number of carbonyl (C=O) groups is 1. The lowest BCUT2D eigenvalue weighted by Crippen LogP contribution is -2.47. The predicted octanol–water partition coefficient (Wildman–Crippen LogP) is 3.47. The van der Waals surface area contributed by atoms with Gasteiger partial charge in [-0.05, 0) is 23.4 Å². The summed E-state index contributed by atoms with van der Waals surface area (Å²) in [7, 11) is -1.14. The Morgan fingerprint density at radius 2 is 1.69 bits per heavy atom. The van der Waals surface area contributed by atoms with E-state index in [9.17, 15) is 4.79 Å². The van der Waals surface area contributed by atoms with E-state index in [4.69, 9.17) is 0 Å². The monoisotopic (exact) mass is 198 g/mol. The molecule has 0 unspecified atom stereocenters. The molecule has 0 aliphatic heterocycles. The Morgan fingerprint density at radius 3 is 2.00 bits per heavy atom. The maximum absolute atomic E-state index is 10.5. The van der Waals surface area contributed by atoms with Crippen molar-refractivity contribution < 1.29 is 4.79 Å². The summed E-state index contributed by atoms with van der Waals surface area (Å²) in [6, 6.07) is 0. The van der Waals surface area contributed by atoms with Gasteiger partial charge in [-0.2, -0.15) is 0 Å². The summed E-state index contributed by atoms with van der Waals surface area (Å²) < 4.78 is 0. The summed E-state index contributed by atoms with van der Waals surface area (Å²) >= 11 is 0. The lowest BCUT2D eigenvalue weighted by Gasteiger charge is -2.49. The molecule has 0 amide bonds. The molecule has 0 saturated heterocycles. The second kappa shape index (κ2) is 3.23. The molecule has 1 nitrogen and oxygen atoms in total. The third kappa shape index (κ3) is 1.88. The Kier molecular flexibility index (Phi) is 2.72. The number of aldehydes is 1. The van der Waals surface area contributed by atoms with Gasteiger partial charge in [0.2, 0.25) is 0 Å². The van der Waals surface area contributed by atoms with Gasteiger partial charge < -0.3 is 4.79 Å². The number of hydrogen-bond donors (Lipinski definition) is 0. The summed E-state index contributed by atoms with van der Waals surface area (Å²) in [6.07, 6.45) is 3.48. The van der Waals surface area contributed by atoms with Crippen molar-refractivity contribution in [3.63, 3.8) is 0 Å². The highest BCUT2D eigenvalue weighted by Gasteiger charge is 2.47. The van der Waals surface area contributed by atoms with Crippen molar-refractivity contribution in [3.05, 3.63) is 0 Å². The molecule has 1 aliphatic rings. The zero-order valence-corrected chi connectivity index (χ0v) is 10.6. The molecule has 1 saturated carbocycles. The van der Waals surface area contributed by atoms with Crippen molar-refractivity contribution in [2.75, 3.05) is 0 Å². The van der Waals surface area contributed by atoms with E-state index in [1.165, 1.54) is 12.8 Å². The SMILES string of the molecule is CC(C)(C)[Si](C)(C)C1CC(C=O)C1. The predicted molar refractivity (Wildman–Crippen MR) is 59.7 cm³/mol. The fourth-order valence-corrected chi connectivity index (χ4v) is 4.98. The highest BCUT2D eigenvalue weighted by molar-refractivity contribution is 6.81. The summed E-state index contributed by atoms with van der Waals surface area (Å²) in [5.74, 6) is 0.388. The van der Waals surface area contributed by atoms with Gasteiger partial charge in [-0.15, -0.1) is 0 Å². The van der Waals surface area contributed by atoms with Crippen molar-refractivity contribution >= 4 is 14.4 Å². The summed E-state index contributed by atoms with van der Waals surface area (Å²) in [5, 5.41) is 0.478. The first-order valence-corrected chi connectivity index (χ1v) is 8.32. The first kappa shape index (κ1) is 11.0. The zero-order valence-electron chi connectivity index (χ0n) is 9.55. The minimum absolute atomic E-state index is 0.388. The minimum atomic E-state index is -1.14. The highest BCUT2D eigenvalue weighted by Crippen LogP contribution is 2.53. The Morgan fingerprint density at radius 1 is 1.23 bits per heavy atom. The third-order valence-electron chi connectivity index (χ3n) is 4.32. The summed E-state index contributed by atoms with van der Waals surface area (Å²) in [6.45, 7) is 12.0. The molecular formula is C11H22OSi. The molecule has 76 valence electrons. The van der Waals surface area contributed by atoms with Crippen LogP contribution in [-0.2, 0) is 4.79 Å². The van der Waals surface area contributed by atoms with Crippen molar-refractivity contribution in [1.82, 2.24) is 0 Å². The fourth-order valence-electron chi connectivity index (χ4n) is 1.97. The molecule has 1 rings (SSSR count). The second-order valence-corrected chi connectivity index (χ2v) is 11.8. The van der Waals surface area contributed by atoms with E-state index < -0.39 is 8.07 Å². The minimum Gasteiger partial charge on any atom is -0.303 e. The second-order valence-electron chi connectivity index (χ2n) is 6.04. The molecule has 0 atom stereocenters. The van der Waals surface area contributed by atoms with Gasteiger partial charge in [0.1, 0.15) is 6.29 Å². The Balaban J connectivity index is 2.59. The highest BCUT2D eigenvalue weighted by atomic mass is 28.3. The number of hydrogen-bond acceptors (Lipinski definition) is 1. The van der Waals surface area contributed by atoms with Gasteiger partial charge >= 0.3 is 0 Å². The van der Waals surface area contributed by atoms with Gasteiger partial charge in [0.25, 0.3) is 0 Å². The largest absolute Gasteiger partial charge is 0.303 e. The molecule has 2 heteroatoms. The van der Waals surface area contributed by atoms with Gasteiger partial charge in [0.15, 0.2) is 0 Å². The number of carbonyl (C=O) groups excluding carboxylic acids is 1. The van der Waals surface area contributed by atoms with Crippen LogP contribution >= 0.6 is 0 Å². The maximum Gasteiger partial charge on any atom is 0.123 e. The maximum atomic E-state index is 10.5. The van der Waals surface area contributed by atoms with Crippen LogP contribution in [0, 0.1) is 5.92 Å².